The monoisotopic (exact) mass is 298 g/mol. The minimum atomic E-state index is -3.89. The van der Waals surface area contributed by atoms with Gasteiger partial charge in [0.25, 0.3) is 5.69 Å². The number of tetrazole rings is 1. The Morgan fingerprint density at radius 1 is 1.45 bits per heavy atom. The fourth-order valence-corrected chi connectivity index (χ4v) is 2.45. The summed E-state index contributed by atoms with van der Waals surface area (Å²) >= 11 is 0. The Morgan fingerprint density at radius 2 is 2.20 bits per heavy atom. The zero-order valence-electron chi connectivity index (χ0n) is 10.3. The summed E-state index contributed by atoms with van der Waals surface area (Å²) in [6.07, 6.45) is 0. The Bertz CT molecular complexity index is 727. The molecule has 2 rings (SSSR count). The summed E-state index contributed by atoms with van der Waals surface area (Å²) in [4.78, 5) is 9.98. The number of nitro benzene ring substituents is 1. The van der Waals surface area contributed by atoms with Crippen LogP contribution in [0, 0.1) is 17.0 Å². The molecule has 0 bridgehead atoms. The average Bonchev–Trinajstić information content (AvgIpc) is 2.89. The zero-order valence-corrected chi connectivity index (χ0v) is 11.1. The number of aryl methyl sites for hydroxylation is 1. The first kappa shape index (κ1) is 14.0. The second-order valence-corrected chi connectivity index (χ2v) is 5.62. The van der Waals surface area contributed by atoms with Crippen LogP contribution in [0.3, 0.4) is 0 Å². The summed E-state index contributed by atoms with van der Waals surface area (Å²) in [5, 5.41) is 23.5. The summed E-state index contributed by atoms with van der Waals surface area (Å²) in [7, 11) is -3.89. The fraction of sp³-hybridized carbons (Fsp3) is 0.222. The molecule has 1 heterocycles. The predicted molar refractivity (Wildman–Crippen MR) is 66.0 cm³/mol. The van der Waals surface area contributed by atoms with Gasteiger partial charge in [-0.3, -0.25) is 10.1 Å². The molecular formula is C9H10N6O4S. The molecule has 0 aliphatic carbocycles. The van der Waals surface area contributed by atoms with Crippen molar-refractivity contribution in [2.45, 2.75) is 18.4 Å². The molecule has 2 aromatic rings. The summed E-state index contributed by atoms with van der Waals surface area (Å²) in [5.74, 6) is 0.162. The standard InChI is InChI=1S/C9H10N6O4S/c1-6-2-3-7(4-8(6)15(16)17)20(18,19)10-5-9-11-13-14-12-9/h2-4,10H,5H2,1H3,(H,11,12,13,14). The normalized spacial score (nSPS) is 11.4. The van der Waals surface area contributed by atoms with Crippen molar-refractivity contribution in [1.82, 2.24) is 25.3 Å². The maximum atomic E-state index is 12.0. The lowest BCUT2D eigenvalue weighted by Crippen LogP contribution is -2.24. The maximum Gasteiger partial charge on any atom is 0.273 e. The van der Waals surface area contributed by atoms with Crippen molar-refractivity contribution in [3.8, 4) is 0 Å². The summed E-state index contributed by atoms with van der Waals surface area (Å²) < 4.78 is 26.2. The van der Waals surface area contributed by atoms with Gasteiger partial charge < -0.3 is 0 Å². The minimum absolute atomic E-state index is 0.162. The van der Waals surface area contributed by atoms with E-state index in [1.165, 1.54) is 19.1 Å². The van der Waals surface area contributed by atoms with Crippen molar-refractivity contribution in [1.29, 1.82) is 0 Å². The zero-order chi connectivity index (χ0) is 14.8. The first-order chi connectivity index (χ1) is 9.40. The van der Waals surface area contributed by atoms with Crippen LogP contribution in [0.4, 0.5) is 5.69 Å². The third-order valence-corrected chi connectivity index (χ3v) is 3.90. The molecule has 0 aliphatic heterocycles. The van der Waals surface area contributed by atoms with Crippen LogP contribution >= 0.6 is 0 Å². The number of hydrogen-bond acceptors (Lipinski definition) is 7. The molecule has 11 heteroatoms. The van der Waals surface area contributed by atoms with Crippen LogP contribution in [0.2, 0.25) is 0 Å². The Balaban J connectivity index is 2.25. The molecule has 0 spiro atoms. The number of H-pyrrole nitrogens is 1. The largest absolute Gasteiger partial charge is 0.273 e. The number of nitrogens with zero attached hydrogens (tertiary/aromatic N) is 4. The van der Waals surface area contributed by atoms with Crippen LogP contribution in [0.5, 0.6) is 0 Å². The van der Waals surface area contributed by atoms with Gasteiger partial charge in [-0.25, -0.2) is 13.1 Å². The van der Waals surface area contributed by atoms with E-state index in [9.17, 15) is 18.5 Å². The van der Waals surface area contributed by atoms with E-state index < -0.39 is 14.9 Å². The SMILES string of the molecule is Cc1ccc(S(=O)(=O)NCc2nn[nH]n2)cc1[N+](=O)[O-]. The van der Waals surface area contributed by atoms with E-state index in [1.54, 1.807) is 0 Å². The van der Waals surface area contributed by atoms with Crippen molar-refractivity contribution in [2.24, 2.45) is 0 Å². The Kier molecular flexibility index (Phi) is 3.72. The summed E-state index contributed by atoms with van der Waals surface area (Å²) in [6, 6.07) is 3.68. The number of nitrogens with one attached hydrogen (secondary N) is 2. The predicted octanol–water partition coefficient (Wildman–Crippen LogP) is -0.105. The number of sulfonamides is 1. The van der Waals surface area contributed by atoms with Gasteiger partial charge in [0.2, 0.25) is 10.0 Å². The molecule has 0 fully saturated rings. The van der Waals surface area contributed by atoms with Crippen molar-refractivity contribution in [3.05, 3.63) is 39.7 Å². The average molecular weight is 298 g/mol. The Morgan fingerprint density at radius 3 is 2.80 bits per heavy atom. The first-order valence-corrected chi connectivity index (χ1v) is 6.85. The van der Waals surface area contributed by atoms with Crippen LogP contribution < -0.4 is 4.72 Å². The highest BCUT2D eigenvalue weighted by Gasteiger charge is 2.20. The molecule has 0 radical (unpaired) electrons. The summed E-state index contributed by atoms with van der Waals surface area (Å²) in [5.41, 5.74) is 0.125. The molecule has 0 amide bonds. The third-order valence-electron chi connectivity index (χ3n) is 2.50. The van der Waals surface area contributed by atoms with Gasteiger partial charge in [0.05, 0.1) is 16.4 Å². The maximum absolute atomic E-state index is 12.0. The van der Waals surface area contributed by atoms with E-state index in [4.69, 9.17) is 0 Å². The van der Waals surface area contributed by atoms with E-state index in [0.29, 0.717) is 5.56 Å². The molecule has 10 nitrogen and oxygen atoms in total. The summed E-state index contributed by atoms with van der Waals surface area (Å²) in [6.45, 7) is 1.36. The lowest BCUT2D eigenvalue weighted by atomic mass is 10.2. The lowest BCUT2D eigenvalue weighted by molar-refractivity contribution is -0.385. The highest BCUT2D eigenvalue weighted by molar-refractivity contribution is 7.89. The number of rotatable bonds is 5. The second-order valence-electron chi connectivity index (χ2n) is 3.86. The van der Waals surface area contributed by atoms with Crippen molar-refractivity contribution < 1.29 is 13.3 Å². The molecule has 2 N–H and O–H groups in total. The quantitative estimate of drug-likeness (QED) is 0.579. The van der Waals surface area contributed by atoms with Crippen LogP contribution in [-0.4, -0.2) is 34.0 Å². The molecule has 0 unspecified atom stereocenters. The number of aromatic amines is 1. The van der Waals surface area contributed by atoms with Crippen molar-refractivity contribution in [2.75, 3.05) is 0 Å². The van der Waals surface area contributed by atoms with Gasteiger partial charge in [-0.15, -0.1) is 10.2 Å². The highest BCUT2D eigenvalue weighted by Crippen LogP contribution is 2.22. The molecule has 0 aliphatic rings. The molecule has 1 aromatic heterocycles. The number of hydrogen-bond donors (Lipinski definition) is 2. The number of aromatic nitrogens is 4. The van der Waals surface area contributed by atoms with E-state index in [-0.39, 0.29) is 23.0 Å². The van der Waals surface area contributed by atoms with Crippen LogP contribution in [0.1, 0.15) is 11.4 Å². The molecule has 1 aromatic carbocycles. The number of nitro groups is 1. The van der Waals surface area contributed by atoms with Gasteiger partial charge >= 0.3 is 0 Å². The number of benzene rings is 1. The third kappa shape index (κ3) is 2.95. The topological polar surface area (TPSA) is 144 Å². The van der Waals surface area contributed by atoms with Crippen molar-refractivity contribution in [3.63, 3.8) is 0 Å². The minimum Gasteiger partial charge on any atom is -0.258 e. The van der Waals surface area contributed by atoms with Crippen molar-refractivity contribution >= 4 is 15.7 Å². The molecule has 106 valence electrons. The molecule has 0 saturated carbocycles. The molecular weight excluding hydrogens is 288 g/mol. The fourth-order valence-electron chi connectivity index (χ4n) is 1.45. The second kappa shape index (κ2) is 5.30. The van der Waals surface area contributed by atoms with Crippen LogP contribution in [-0.2, 0) is 16.6 Å². The lowest BCUT2D eigenvalue weighted by Gasteiger charge is -2.05. The van der Waals surface area contributed by atoms with Gasteiger partial charge in [0.1, 0.15) is 0 Å². The smallest absolute Gasteiger partial charge is 0.258 e. The van der Waals surface area contributed by atoms with Crippen LogP contribution in [0.25, 0.3) is 0 Å². The highest BCUT2D eigenvalue weighted by atomic mass is 32.2. The van der Waals surface area contributed by atoms with E-state index in [0.717, 1.165) is 6.07 Å². The van der Waals surface area contributed by atoms with Gasteiger partial charge in [-0.2, -0.15) is 5.21 Å². The van der Waals surface area contributed by atoms with Gasteiger partial charge in [0, 0.05) is 11.6 Å². The Labute approximate surface area is 113 Å². The van der Waals surface area contributed by atoms with E-state index in [1.807, 2.05) is 0 Å². The van der Waals surface area contributed by atoms with E-state index >= 15 is 0 Å². The van der Waals surface area contributed by atoms with Crippen LogP contribution in [0.15, 0.2) is 23.1 Å². The molecule has 0 saturated heterocycles. The van der Waals surface area contributed by atoms with Gasteiger partial charge in [0.15, 0.2) is 5.82 Å². The van der Waals surface area contributed by atoms with Gasteiger partial charge in [-0.05, 0) is 13.0 Å². The van der Waals surface area contributed by atoms with Gasteiger partial charge in [-0.1, -0.05) is 11.3 Å². The molecule has 0 atom stereocenters. The first-order valence-electron chi connectivity index (χ1n) is 5.37. The Hall–Kier alpha value is -2.40. The molecule has 20 heavy (non-hydrogen) atoms. The van der Waals surface area contributed by atoms with E-state index in [2.05, 4.69) is 25.3 Å².